The van der Waals surface area contributed by atoms with E-state index >= 15 is 0 Å². The van der Waals surface area contributed by atoms with Crippen molar-refractivity contribution >= 4 is 57.6 Å². The van der Waals surface area contributed by atoms with Crippen LogP contribution in [0.3, 0.4) is 0 Å². The lowest BCUT2D eigenvalue weighted by molar-refractivity contribution is 0.885. The van der Waals surface area contributed by atoms with Crippen LogP contribution in [0.1, 0.15) is 11.1 Å². The first-order valence-corrected chi connectivity index (χ1v) is 8.11. The van der Waals surface area contributed by atoms with Crippen LogP contribution in [0, 0.1) is 13.8 Å². The van der Waals surface area contributed by atoms with E-state index in [2.05, 4.69) is 21.5 Å². The molecule has 0 atom stereocenters. The van der Waals surface area contributed by atoms with Crippen LogP contribution in [-0.2, 0) is 0 Å². The molecular formula is C16H17ClN4S2. The second-order valence-electron chi connectivity index (χ2n) is 4.94. The van der Waals surface area contributed by atoms with Gasteiger partial charge in [-0.2, -0.15) is 0 Å². The highest BCUT2D eigenvalue weighted by molar-refractivity contribution is 7.81. The van der Waals surface area contributed by atoms with E-state index in [1.54, 1.807) is 0 Å². The van der Waals surface area contributed by atoms with Crippen LogP contribution >= 0.6 is 36.0 Å². The van der Waals surface area contributed by atoms with E-state index < -0.39 is 0 Å². The highest BCUT2D eigenvalue weighted by atomic mass is 35.5. The molecule has 0 spiro atoms. The van der Waals surface area contributed by atoms with E-state index in [9.17, 15) is 0 Å². The predicted molar refractivity (Wildman–Crippen MR) is 106 cm³/mol. The van der Waals surface area contributed by atoms with E-state index in [-0.39, 0.29) is 0 Å². The molecule has 2 aromatic rings. The van der Waals surface area contributed by atoms with E-state index in [4.69, 9.17) is 36.0 Å². The molecule has 0 unspecified atom stereocenters. The minimum atomic E-state index is 0.392. The number of hydrazine groups is 1. The van der Waals surface area contributed by atoms with E-state index in [1.165, 1.54) is 0 Å². The standard InChI is InChI=1S/C16H17ClN4S2/c1-10-5-3-6-12(9-10)18-15(22)20-21-16(23)19-14-8-4-7-13(17)11(14)2/h3-9H,1-2H3,(H2,18,20,22)(H2,19,21,23). The number of aryl methyl sites for hydroxylation is 1. The van der Waals surface area contributed by atoms with Gasteiger partial charge in [0.1, 0.15) is 0 Å². The fraction of sp³-hybridized carbons (Fsp3) is 0.125. The Bertz CT molecular complexity index is 734. The number of thiocarbonyl (C=S) groups is 2. The van der Waals surface area contributed by atoms with Gasteiger partial charge in [0, 0.05) is 16.4 Å². The van der Waals surface area contributed by atoms with Crippen LogP contribution < -0.4 is 21.5 Å². The van der Waals surface area contributed by atoms with Gasteiger partial charge in [0.05, 0.1) is 0 Å². The summed E-state index contributed by atoms with van der Waals surface area (Å²) in [4.78, 5) is 0. The predicted octanol–water partition coefficient (Wildman–Crippen LogP) is 4.14. The number of anilines is 2. The van der Waals surface area contributed by atoms with Gasteiger partial charge in [-0.1, -0.05) is 29.8 Å². The van der Waals surface area contributed by atoms with Crippen LogP contribution in [0.15, 0.2) is 42.5 Å². The summed E-state index contributed by atoms with van der Waals surface area (Å²) >= 11 is 16.5. The van der Waals surface area contributed by atoms with Gasteiger partial charge in [-0.3, -0.25) is 10.9 Å². The second-order valence-corrected chi connectivity index (χ2v) is 6.16. The van der Waals surface area contributed by atoms with Crippen molar-refractivity contribution in [3.63, 3.8) is 0 Å². The minimum absolute atomic E-state index is 0.392. The molecule has 0 saturated heterocycles. The summed E-state index contributed by atoms with van der Waals surface area (Å²) in [6.07, 6.45) is 0. The van der Waals surface area contributed by atoms with Gasteiger partial charge in [-0.25, -0.2) is 0 Å². The highest BCUT2D eigenvalue weighted by Gasteiger charge is 2.04. The smallest absolute Gasteiger partial charge is 0.189 e. The summed E-state index contributed by atoms with van der Waals surface area (Å²) in [5.74, 6) is 0. The zero-order chi connectivity index (χ0) is 16.8. The molecule has 0 heterocycles. The van der Waals surface area contributed by atoms with Crippen LogP contribution in [-0.4, -0.2) is 10.2 Å². The first-order valence-electron chi connectivity index (χ1n) is 6.91. The lowest BCUT2D eigenvalue weighted by atomic mass is 10.2. The monoisotopic (exact) mass is 364 g/mol. The number of hydrogen-bond donors (Lipinski definition) is 4. The Morgan fingerprint density at radius 2 is 1.57 bits per heavy atom. The van der Waals surface area contributed by atoms with Gasteiger partial charge in [0.15, 0.2) is 10.2 Å². The van der Waals surface area contributed by atoms with Crippen molar-refractivity contribution in [3.8, 4) is 0 Å². The molecule has 0 aromatic heterocycles. The molecule has 2 rings (SSSR count). The van der Waals surface area contributed by atoms with Crippen molar-refractivity contribution in [2.24, 2.45) is 0 Å². The number of halogens is 1. The van der Waals surface area contributed by atoms with Crippen molar-refractivity contribution in [1.82, 2.24) is 10.9 Å². The maximum Gasteiger partial charge on any atom is 0.189 e. The summed E-state index contributed by atoms with van der Waals surface area (Å²) in [6, 6.07) is 13.5. The number of rotatable bonds is 2. The molecule has 4 nitrogen and oxygen atoms in total. The van der Waals surface area contributed by atoms with Crippen molar-refractivity contribution in [1.29, 1.82) is 0 Å². The molecule has 23 heavy (non-hydrogen) atoms. The molecule has 0 aliphatic rings. The van der Waals surface area contributed by atoms with Crippen molar-refractivity contribution in [3.05, 3.63) is 58.6 Å². The average Bonchev–Trinajstić information content (AvgIpc) is 2.50. The Hall–Kier alpha value is -1.89. The molecule has 120 valence electrons. The largest absolute Gasteiger partial charge is 0.331 e. The maximum atomic E-state index is 6.08. The van der Waals surface area contributed by atoms with E-state index in [0.717, 1.165) is 22.5 Å². The lowest BCUT2D eigenvalue weighted by Gasteiger charge is -2.15. The summed E-state index contributed by atoms with van der Waals surface area (Å²) in [6.45, 7) is 3.94. The number of hydrogen-bond acceptors (Lipinski definition) is 2. The van der Waals surface area contributed by atoms with E-state index in [0.29, 0.717) is 15.2 Å². The summed E-state index contributed by atoms with van der Waals surface area (Å²) in [5, 5.41) is 7.63. The normalized spacial score (nSPS) is 9.87. The SMILES string of the molecule is Cc1cccc(NC(=S)NNC(=S)Nc2cccc(Cl)c2C)c1. The molecule has 4 N–H and O–H groups in total. The van der Waals surface area contributed by atoms with Crippen molar-refractivity contribution in [2.45, 2.75) is 13.8 Å². The van der Waals surface area contributed by atoms with Crippen LogP contribution in [0.2, 0.25) is 5.02 Å². The Kier molecular flexibility index (Phi) is 6.15. The molecule has 0 saturated carbocycles. The molecule has 2 aromatic carbocycles. The Labute approximate surface area is 151 Å². The molecule has 0 aliphatic heterocycles. The van der Waals surface area contributed by atoms with Crippen LogP contribution in [0.25, 0.3) is 0 Å². The third-order valence-electron chi connectivity index (χ3n) is 3.08. The van der Waals surface area contributed by atoms with Gasteiger partial charge in [0.2, 0.25) is 0 Å². The van der Waals surface area contributed by atoms with Gasteiger partial charge in [0.25, 0.3) is 0 Å². The maximum absolute atomic E-state index is 6.08. The molecule has 7 heteroatoms. The van der Waals surface area contributed by atoms with Crippen molar-refractivity contribution < 1.29 is 0 Å². The Morgan fingerprint density at radius 1 is 0.913 bits per heavy atom. The van der Waals surface area contributed by atoms with Gasteiger partial charge in [-0.05, 0) is 73.7 Å². The molecular weight excluding hydrogens is 348 g/mol. The summed E-state index contributed by atoms with van der Waals surface area (Å²) < 4.78 is 0. The van der Waals surface area contributed by atoms with Crippen LogP contribution in [0.5, 0.6) is 0 Å². The first kappa shape index (κ1) is 17.5. The Balaban J connectivity index is 1.84. The third-order valence-corrected chi connectivity index (χ3v) is 3.90. The summed E-state index contributed by atoms with van der Waals surface area (Å²) in [5.41, 5.74) is 9.51. The second kappa shape index (κ2) is 8.10. The number of benzene rings is 2. The average molecular weight is 365 g/mol. The molecule has 0 bridgehead atoms. The summed E-state index contributed by atoms with van der Waals surface area (Å²) in [7, 11) is 0. The number of nitrogens with one attached hydrogen (secondary N) is 4. The van der Waals surface area contributed by atoms with E-state index in [1.807, 2.05) is 56.3 Å². The Morgan fingerprint density at radius 3 is 2.26 bits per heavy atom. The van der Waals surface area contributed by atoms with Gasteiger partial charge in [-0.15, -0.1) is 0 Å². The molecule has 0 amide bonds. The third kappa shape index (κ3) is 5.35. The molecule has 0 aliphatic carbocycles. The quantitative estimate of drug-likeness (QED) is 0.474. The first-order chi connectivity index (χ1) is 11.0. The zero-order valence-corrected chi connectivity index (χ0v) is 15.1. The molecule has 0 fully saturated rings. The van der Waals surface area contributed by atoms with Gasteiger partial charge < -0.3 is 10.6 Å². The minimum Gasteiger partial charge on any atom is -0.331 e. The van der Waals surface area contributed by atoms with Crippen molar-refractivity contribution in [2.75, 3.05) is 10.6 Å². The van der Waals surface area contributed by atoms with Gasteiger partial charge >= 0.3 is 0 Å². The lowest BCUT2D eigenvalue weighted by Crippen LogP contribution is -2.45. The highest BCUT2D eigenvalue weighted by Crippen LogP contribution is 2.22. The topological polar surface area (TPSA) is 48.1 Å². The fourth-order valence-electron chi connectivity index (χ4n) is 1.90. The zero-order valence-electron chi connectivity index (χ0n) is 12.7. The fourth-order valence-corrected chi connectivity index (χ4v) is 2.40. The molecule has 0 radical (unpaired) electrons. The van der Waals surface area contributed by atoms with Crippen LogP contribution in [0.4, 0.5) is 11.4 Å².